The number of anilines is 1. The van der Waals surface area contributed by atoms with E-state index in [-0.39, 0.29) is 12.5 Å². The van der Waals surface area contributed by atoms with Gasteiger partial charge in [-0.15, -0.1) is 0 Å². The van der Waals surface area contributed by atoms with Gasteiger partial charge in [0.1, 0.15) is 17.2 Å². The number of amides is 1. The Bertz CT molecular complexity index is 1200. The van der Waals surface area contributed by atoms with Crippen molar-refractivity contribution in [2.45, 2.75) is 13.5 Å². The van der Waals surface area contributed by atoms with Crippen molar-refractivity contribution in [2.24, 2.45) is 0 Å². The molecule has 0 spiro atoms. The number of pyridine rings is 1. The maximum absolute atomic E-state index is 13.2. The third-order valence-electron chi connectivity index (χ3n) is 4.64. The zero-order valence-corrected chi connectivity index (χ0v) is 18.7. The number of hydrogen-bond donors (Lipinski definition) is 0. The number of hydrogen-bond acceptors (Lipinski definition) is 7. The smallest absolute Gasteiger partial charge is 0.267 e. The number of carbonyl (C=O) groups is 1. The molecular weight excluding hydrogens is 426 g/mol. The minimum Gasteiger partial charge on any atom is -0.497 e. The molecule has 32 heavy (non-hydrogen) atoms. The molecule has 0 unspecified atom stereocenters. The topological polar surface area (TPSA) is 73.8 Å². The molecular formula is C24H23N3O4S. The molecule has 0 aliphatic carbocycles. The van der Waals surface area contributed by atoms with Crippen LogP contribution in [0.4, 0.5) is 5.13 Å². The number of benzene rings is 2. The molecule has 4 rings (SSSR count). The molecule has 2 heterocycles. The van der Waals surface area contributed by atoms with E-state index < -0.39 is 0 Å². The van der Waals surface area contributed by atoms with Gasteiger partial charge in [-0.3, -0.25) is 14.7 Å². The molecule has 0 bridgehead atoms. The fourth-order valence-electron chi connectivity index (χ4n) is 3.09. The number of carbonyl (C=O) groups excluding carboxylic acids is 1. The fourth-order valence-corrected chi connectivity index (χ4v) is 4.11. The fraction of sp³-hybridized carbons (Fsp3) is 0.208. The Labute approximate surface area is 190 Å². The van der Waals surface area contributed by atoms with Gasteiger partial charge in [0.15, 0.2) is 11.7 Å². The molecule has 0 saturated carbocycles. The van der Waals surface area contributed by atoms with Gasteiger partial charge in [-0.2, -0.15) is 0 Å². The molecule has 0 N–H and O–H groups in total. The van der Waals surface area contributed by atoms with Crippen molar-refractivity contribution in [3.63, 3.8) is 0 Å². The summed E-state index contributed by atoms with van der Waals surface area (Å²) in [5, 5.41) is 0.582. The van der Waals surface area contributed by atoms with Gasteiger partial charge in [0, 0.05) is 12.3 Å². The molecule has 0 saturated heterocycles. The van der Waals surface area contributed by atoms with Crippen LogP contribution in [0.1, 0.15) is 12.6 Å². The summed E-state index contributed by atoms with van der Waals surface area (Å²) >= 11 is 1.43. The second-order valence-corrected chi connectivity index (χ2v) is 7.84. The monoisotopic (exact) mass is 449 g/mol. The number of aromatic nitrogens is 2. The number of methoxy groups -OCH3 is 1. The van der Waals surface area contributed by atoms with Crippen molar-refractivity contribution in [2.75, 3.05) is 25.2 Å². The molecule has 4 aromatic rings. The minimum atomic E-state index is -0.220. The molecule has 0 fully saturated rings. The van der Waals surface area contributed by atoms with Crippen LogP contribution in [0.15, 0.2) is 66.9 Å². The largest absolute Gasteiger partial charge is 0.497 e. The molecule has 0 aliphatic heterocycles. The van der Waals surface area contributed by atoms with Crippen LogP contribution in [0, 0.1) is 0 Å². The molecule has 1 amide bonds. The Morgan fingerprint density at radius 1 is 1.00 bits per heavy atom. The van der Waals surface area contributed by atoms with E-state index in [9.17, 15) is 4.79 Å². The molecule has 2 aromatic carbocycles. The molecule has 164 valence electrons. The van der Waals surface area contributed by atoms with Gasteiger partial charge in [-0.05, 0) is 49.4 Å². The zero-order valence-electron chi connectivity index (χ0n) is 17.9. The molecule has 7 nitrogen and oxygen atoms in total. The van der Waals surface area contributed by atoms with Gasteiger partial charge in [0.25, 0.3) is 5.91 Å². The van der Waals surface area contributed by atoms with Crippen LogP contribution in [0.25, 0.3) is 10.2 Å². The summed E-state index contributed by atoms with van der Waals surface area (Å²) in [7, 11) is 1.59. The van der Waals surface area contributed by atoms with Gasteiger partial charge >= 0.3 is 0 Å². The third-order valence-corrected chi connectivity index (χ3v) is 5.68. The maximum Gasteiger partial charge on any atom is 0.267 e. The van der Waals surface area contributed by atoms with E-state index in [0.29, 0.717) is 29.8 Å². The van der Waals surface area contributed by atoms with Crippen LogP contribution in [0.2, 0.25) is 0 Å². The normalized spacial score (nSPS) is 10.7. The molecule has 8 heteroatoms. The maximum atomic E-state index is 13.2. The van der Waals surface area contributed by atoms with Crippen molar-refractivity contribution in [1.29, 1.82) is 0 Å². The van der Waals surface area contributed by atoms with Crippen molar-refractivity contribution in [3.05, 3.63) is 72.6 Å². The lowest BCUT2D eigenvalue weighted by molar-refractivity contribution is -0.120. The first-order valence-electron chi connectivity index (χ1n) is 10.2. The summed E-state index contributed by atoms with van der Waals surface area (Å²) in [5.74, 6) is 1.78. The first kappa shape index (κ1) is 21.6. The second kappa shape index (κ2) is 10.1. The van der Waals surface area contributed by atoms with E-state index in [2.05, 4.69) is 9.97 Å². The van der Waals surface area contributed by atoms with Crippen LogP contribution >= 0.6 is 11.3 Å². The summed E-state index contributed by atoms with van der Waals surface area (Å²) < 4.78 is 17.5. The number of nitrogens with zero attached hydrogens (tertiary/aromatic N) is 3. The highest BCUT2D eigenvalue weighted by molar-refractivity contribution is 7.22. The Morgan fingerprint density at radius 3 is 2.62 bits per heavy atom. The summed E-state index contributed by atoms with van der Waals surface area (Å²) in [4.78, 5) is 23.9. The van der Waals surface area contributed by atoms with Crippen LogP contribution in [-0.2, 0) is 11.3 Å². The lowest BCUT2D eigenvalue weighted by atomic mass is 10.3. The van der Waals surface area contributed by atoms with Crippen molar-refractivity contribution in [3.8, 4) is 17.2 Å². The van der Waals surface area contributed by atoms with Crippen LogP contribution in [0.5, 0.6) is 17.2 Å². The Morgan fingerprint density at radius 2 is 1.84 bits per heavy atom. The summed E-state index contributed by atoms with van der Waals surface area (Å²) in [6.07, 6.45) is 1.71. The highest BCUT2D eigenvalue weighted by Crippen LogP contribution is 2.32. The van der Waals surface area contributed by atoms with E-state index in [1.165, 1.54) is 11.3 Å². The lowest BCUT2D eigenvalue weighted by Gasteiger charge is -2.19. The Balaban J connectivity index is 1.59. The van der Waals surface area contributed by atoms with Crippen LogP contribution in [0.3, 0.4) is 0 Å². The SMILES string of the molecule is CCOc1ccc2nc(N(Cc3ccccn3)C(=O)COc3cccc(OC)c3)sc2c1. The van der Waals surface area contributed by atoms with Gasteiger partial charge in [-0.25, -0.2) is 4.98 Å². The Hall–Kier alpha value is -3.65. The predicted octanol–water partition coefficient (Wildman–Crippen LogP) is 4.71. The minimum absolute atomic E-state index is 0.139. The van der Waals surface area contributed by atoms with Gasteiger partial charge in [0.2, 0.25) is 0 Å². The van der Waals surface area contributed by atoms with Crippen molar-refractivity contribution < 1.29 is 19.0 Å². The number of thiazole rings is 1. The van der Waals surface area contributed by atoms with Gasteiger partial charge < -0.3 is 14.2 Å². The third kappa shape index (κ3) is 5.15. The molecule has 0 atom stereocenters. The number of rotatable bonds is 9. The quantitative estimate of drug-likeness (QED) is 0.368. The average molecular weight is 450 g/mol. The van der Waals surface area contributed by atoms with E-state index in [0.717, 1.165) is 21.7 Å². The van der Waals surface area contributed by atoms with E-state index in [4.69, 9.17) is 14.2 Å². The lowest BCUT2D eigenvalue weighted by Crippen LogP contribution is -2.34. The summed E-state index contributed by atoms with van der Waals surface area (Å²) in [6.45, 7) is 2.68. The second-order valence-electron chi connectivity index (χ2n) is 6.83. The van der Waals surface area contributed by atoms with E-state index in [1.807, 2.05) is 55.5 Å². The Kier molecular flexibility index (Phi) is 6.81. The molecule has 0 aliphatic rings. The van der Waals surface area contributed by atoms with E-state index in [1.54, 1.807) is 30.3 Å². The zero-order chi connectivity index (χ0) is 22.3. The summed E-state index contributed by atoms with van der Waals surface area (Å²) in [6, 6.07) is 18.5. The van der Waals surface area contributed by atoms with Crippen molar-refractivity contribution in [1.82, 2.24) is 9.97 Å². The highest BCUT2D eigenvalue weighted by atomic mass is 32.1. The first-order chi connectivity index (χ1) is 15.7. The molecule has 2 aromatic heterocycles. The van der Waals surface area contributed by atoms with Crippen molar-refractivity contribution >= 4 is 32.6 Å². The van der Waals surface area contributed by atoms with E-state index >= 15 is 0 Å². The average Bonchev–Trinajstić information content (AvgIpc) is 3.25. The summed E-state index contributed by atoms with van der Waals surface area (Å²) in [5.41, 5.74) is 1.57. The predicted molar refractivity (Wildman–Crippen MR) is 125 cm³/mol. The standard InChI is InChI=1S/C24H23N3O4S/c1-3-30-20-10-11-21-22(14-20)32-24(26-21)27(15-17-7-4-5-12-25-17)23(28)16-31-19-9-6-8-18(13-19)29-2/h4-14H,3,15-16H2,1-2H3. The van der Waals surface area contributed by atoms with Gasteiger partial charge in [0.05, 0.1) is 36.2 Å². The van der Waals surface area contributed by atoms with Crippen LogP contribution in [-0.4, -0.2) is 36.2 Å². The number of ether oxygens (including phenoxy) is 3. The highest BCUT2D eigenvalue weighted by Gasteiger charge is 2.21. The number of fused-ring (bicyclic) bond motifs is 1. The van der Waals surface area contributed by atoms with Crippen LogP contribution < -0.4 is 19.1 Å². The first-order valence-corrected chi connectivity index (χ1v) is 11.0. The van der Waals surface area contributed by atoms with Gasteiger partial charge in [-0.1, -0.05) is 23.5 Å². The molecule has 0 radical (unpaired) electrons.